The van der Waals surface area contributed by atoms with Gasteiger partial charge in [0.15, 0.2) is 0 Å². The molecule has 21 heavy (non-hydrogen) atoms. The third-order valence-electron chi connectivity index (χ3n) is 2.57. The predicted octanol–water partition coefficient (Wildman–Crippen LogP) is 4.32. The molecule has 0 fully saturated rings. The van der Waals surface area contributed by atoms with Crippen LogP contribution in [0.3, 0.4) is 0 Å². The molecule has 110 valence electrons. The molecule has 2 aromatic rings. The Kier molecular flexibility index (Phi) is 4.98. The maximum atomic E-state index is 13.4. The van der Waals surface area contributed by atoms with Crippen molar-refractivity contribution < 1.29 is 13.6 Å². The Morgan fingerprint density at radius 1 is 1.05 bits per heavy atom. The number of hydrogen-bond donors (Lipinski definition) is 2. The molecule has 7 heteroatoms. The largest absolute Gasteiger partial charge is 0.374 e. The van der Waals surface area contributed by atoms with E-state index in [4.69, 9.17) is 23.2 Å². The standard InChI is InChI=1S/C14H10Cl2F2N2O/c15-8-1-3-10(16)13(5-8)20-14(21)7-19-12-4-2-9(17)6-11(12)18/h1-6,19H,7H2,(H,20,21). The minimum atomic E-state index is -0.774. The first kappa shape index (κ1) is 15.5. The van der Waals surface area contributed by atoms with Crippen molar-refractivity contribution in [2.24, 2.45) is 0 Å². The van der Waals surface area contributed by atoms with Gasteiger partial charge in [0.25, 0.3) is 0 Å². The van der Waals surface area contributed by atoms with Gasteiger partial charge >= 0.3 is 0 Å². The molecule has 0 atom stereocenters. The Morgan fingerprint density at radius 3 is 2.52 bits per heavy atom. The number of hydrogen-bond acceptors (Lipinski definition) is 2. The molecule has 0 spiro atoms. The van der Waals surface area contributed by atoms with Crippen LogP contribution in [0.2, 0.25) is 10.0 Å². The Hall–Kier alpha value is -1.85. The zero-order chi connectivity index (χ0) is 15.4. The predicted molar refractivity (Wildman–Crippen MR) is 79.9 cm³/mol. The average molecular weight is 331 g/mol. The molecule has 2 N–H and O–H groups in total. The number of halogens is 4. The summed E-state index contributed by atoms with van der Waals surface area (Å²) in [6.45, 7) is -0.203. The van der Waals surface area contributed by atoms with Crippen molar-refractivity contribution >= 4 is 40.5 Å². The molecule has 0 aliphatic heterocycles. The number of rotatable bonds is 4. The lowest BCUT2D eigenvalue weighted by molar-refractivity contribution is -0.114. The van der Waals surface area contributed by atoms with Crippen molar-refractivity contribution in [1.82, 2.24) is 0 Å². The summed E-state index contributed by atoms with van der Waals surface area (Å²) in [6.07, 6.45) is 0. The molecular weight excluding hydrogens is 321 g/mol. The molecule has 0 saturated heterocycles. The maximum Gasteiger partial charge on any atom is 0.243 e. The molecule has 0 saturated carbocycles. The van der Waals surface area contributed by atoms with Crippen molar-refractivity contribution in [1.29, 1.82) is 0 Å². The van der Waals surface area contributed by atoms with E-state index in [1.807, 2.05) is 0 Å². The molecule has 0 unspecified atom stereocenters. The molecule has 0 aliphatic rings. The topological polar surface area (TPSA) is 41.1 Å². The van der Waals surface area contributed by atoms with E-state index < -0.39 is 17.5 Å². The van der Waals surface area contributed by atoms with Crippen LogP contribution in [0.25, 0.3) is 0 Å². The van der Waals surface area contributed by atoms with Crippen LogP contribution in [0.5, 0.6) is 0 Å². The number of benzene rings is 2. The number of carbonyl (C=O) groups is 1. The lowest BCUT2D eigenvalue weighted by atomic mass is 10.3. The summed E-state index contributed by atoms with van der Waals surface area (Å²) in [7, 11) is 0. The van der Waals surface area contributed by atoms with E-state index in [9.17, 15) is 13.6 Å². The Morgan fingerprint density at radius 2 is 1.81 bits per heavy atom. The van der Waals surface area contributed by atoms with Crippen LogP contribution in [0.1, 0.15) is 0 Å². The van der Waals surface area contributed by atoms with E-state index in [0.29, 0.717) is 15.7 Å². The van der Waals surface area contributed by atoms with E-state index in [2.05, 4.69) is 10.6 Å². The monoisotopic (exact) mass is 330 g/mol. The summed E-state index contributed by atoms with van der Waals surface area (Å²) < 4.78 is 26.1. The van der Waals surface area contributed by atoms with Gasteiger partial charge in [-0.3, -0.25) is 4.79 Å². The van der Waals surface area contributed by atoms with Gasteiger partial charge in [0.2, 0.25) is 5.91 Å². The van der Waals surface area contributed by atoms with Crippen molar-refractivity contribution in [2.75, 3.05) is 17.2 Å². The Balaban J connectivity index is 1.97. The van der Waals surface area contributed by atoms with Crippen LogP contribution >= 0.6 is 23.2 Å². The van der Waals surface area contributed by atoms with Crippen LogP contribution in [-0.2, 0) is 4.79 Å². The Bertz CT molecular complexity index is 680. The maximum absolute atomic E-state index is 13.4. The minimum absolute atomic E-state index is 0.0312. The lowest BCUT2D eigenvalue weighted by Crippen LogP contribution is -2.22. The molecule has 0 radical (unpaired) electrons. The number of anilines is 2. The van der Waals surface area contributed by atoms with Crippen LogP contribution in [-0.4, -0.2) is 12.5 Å². The van der Waals surface area contributed by atoms with Crippen molar-refractivity contribution in [3.8, 4) is 0 Å². The molecule has 0 bridgehead atoms. The second-order valence-corrected chi connectivity index (χ2v) is 4.99. The summed E-state index contributed by atoms with van der Waals surface area (Å²) in [5, 5.41) is 5.86. The quantitative estimate of drug-likeness (QED) is 0.876. The van der Waals surface area contributed by atoms with Crippen LogP contribution in [0.4, 0.5) is 20.2 Å². The van der Waals surface area contributed by atoms with Crippen molar-refractivity contribution in [3.05, 3.63) is 58.1 Å². The first-order valence-electron chi connectivity index (χ1n) is 5.89. The zero-order valence-corrected chi connectivity index (χ0v) is 12.1. The van der Waals surface area contributed by atoms with Gasteiger partial charge in [0.05, 0.1) is 22.9 Å². The smallest absolute Gasteiger partial charge is 0.243 e. The van der Waals surface area contributed by atoms with E-state index >= 15 is 0 Å². The number of carbonyl (C=O) groups excluding carboxylic acids is 1. The first-order chi connectivity index (χ1) is 9.95. The van der Waals surface area contributed by atoms with Crippen molar-refractivity contribution in [2.45, 2.75) is 0 Å². The Labute approximate surface area is 129 Å². The van der Waals surface area contributed by atoms with Crippen LogP contribution in [0, 0.1) is 11.6 Å². The van der Waals surface area contributed by atoms with Gasteiger partial charge in [0.1, 0.15) is 11.6 Å². The van der Waals surface area contributed by atoms with Gasteiger partial charge in [-0.25, -0.2) is 8.78 Å². The fourth-order valence-corrected chi connectivity index (χ4v) is 1.93. The van der Waals surface area contributed by atoms with Gasteiger partial charge in [-0.05, 0) is 30.3 Å². The molecule has 2 aromatic carbocycles. The van der Waals surface area contributed by atoms with Crippen molar-refractivity contribution in [3.63, 3.8) is 0 Å². The van der Waals surface area contributed by atoms with E-state index in [0.717, 1.165) is 12.1 Å². The molecule has 3 nitrogen and oxygen atoms in total. The fourth-order valence-electron chi connectivity index (χ4n) is 1.60. The summed E-state index contributed by atoms with van der Waals surface area (Å²) in [4.78, 5) is 11.8. The molecular formula is C14H10Cl2F2N2O. The molecule has 0 aromatic heterocycles. The SMILES string of the molecule is O=C(CNc1ccc(F)cc1F)Nc1cc(Cl)ccc1Cl. The summed E-state index contributed by atoms with van der Waals surface area (Å²) in [5.41, 5.74) is 0.388. The van der Waals surface area contributed by atoms with E-state index in [1.165, 1.54) is 12.1 Å². The molecule has 1 amide bonds. The summed E-state index contributed by atoms with van der Waals surface area (Å²) >= 11 is 11.7. The molecule has 0 heterocycles. The average Bonchev–Trinajstić information content (AvgIpc) is 2.42. The highest BCUT2D eigenvalue weighted by Gasteiger charge is 2.08. The first-order valence-corrected chi connectivity index (χ1v) is 6.65. The third-order valence-corrected chi connectivity index (χ3v) is 3.14. The fraction of sp³-hybridized carbons (Fsp3) is 0.0714. The molecule has 0 aliphatic carbocycles. The van der Waals surface area contributed by atoms with Gasteiger partial charge in [-0.2, -0.15) is 0 Å². The van der Waals surface area contributed by atoms with Gasteiger partial charge in [-0.1, -0.05) is 23.2 Å². The van der Waals surface area contributed by atoms with Crippen LogP contribution in [0.15, 0.2) is 36.4 Å². The highest BCUT2D eigenvalue weighted by atomic mass is 35.5. The van der Waals surface area contributed by atoms with Gasteiger partial charge in [-0.15, -0.1) is 0 Å². The number of amides is 1. The van der Waals surface area contributed by atoms with E-state index in [1.54, 1.807) is 12.1 Å². The second kappa shape index (κ2) is 6.74. The zero-order valence-electron chi connectivity index (χ0n) is 10.6. The summed E-state index contributed by atoms with van der Waals surface area (Å²) in [6, 6.07) is 7.67. The highest BCUT2D eigenvalue weighted by Crippen LogP contribution is 2.25. The normalized spacial score (nSPS) is 10.3. The minimum Gasteiger partial charge on any atom is -0.374 e. The highest BCUT2D eigenvalue weighted by molar-refractivity contribution is 6.35. The van der Waals surface area contributed by atoms with Gasteiger partial charge in [0, 0.05) is 11.1 Å². The second-order valence-electron chi connectivity index (χ2n) is 4.15. The lowest BCUT2D eigenvalue weighted by Gasteiger charge is -2.10. The molecule has 2 rings (SSSR count). The number of nitrogens with one attached hydrogen (secondary N) is 2. The van der Waals surface area contributed by atoms with Gasteiger partial charge < -0.3 is 10.6 Å². The van der Waals surface area contributed by atoms with E-state index in [-0.39, 0.29) is 12.2 Å². The third kappa shape index (κ3) is 4.31. The van der Waals surface area contributed by atoms with Crippen LogP contribution < -0.4 is 10.6 Å². The summed E-state index contributed by atoms with van der Waals surface area (Å²) in [5.74, 6) is -1.90.